The van der Waals surface area contributed by atoms with Gasteiger partial charge in [0.1, 0.15) is 5.82 Å². The Kier molecular flexibility index (Phi) is 4.60. The zero-order valence-electron chi connectivity index (χ0n) is 11.2. The summed E-state index contributed by atoms with van der Waals surface area (Å²) in [4.78, 5) is 4.35. The highest BCUT2D eigenvalue weighted by Crippen LogP contribution is 2.26. The second-order valence-electron chi connectivity index (χ2n) is 5.30. The fourth-order valence-corrected chi connectivity index (χ4v) is 2.87. The summed E-state index contributed by atoms with van der Waals surface area (Å²) in [6.45, 7) is 3.38. The summed E-state index contributed by atoms with van der Waals surface area (Å²) < 4.78 is 2.11. The molecule has 96 valence electrons. The van der Waals surface area contributed by atoms with Crippen LogP contribution < -0.4 is 5.32 Å². The first kappa shape index (κ1) is 12.6. The van der Waals surface area contributed by atoms with Crippen LogP contribution in [0, 0.1) is 5.92 Å². The van der Waals surface area contributed by atoms with Crippen molar-refractivity contribution in [2.24, 2.45) is 13.0 Å². The Balaban J connectivity index is 1.70. The third kappa shape index (κ3) is 3.56. The third-order valence-electron chi connectivity index (χ3n) is 4.06. The Morgan fingerprint density at radius 2 is 2.35 bits per heavy atom. The van der Waals surface area contributed by atoms with Gasteiger partial charge >= 0.3 is 0 Å². The summed E-state index contributed by atoms with van der Waals surface area (Å²) in [5.74, 6) is 2.13. The smallest absolute Gasteiger partial charge is 0.109 e. The molecule has 2 atom stereocenters. The number of nitrogens with one attached hydrogen (secondary N) is 1. The van der Waals surface area contributed by atoms with Gasteiger partial charge in [-0.05, 0) is 18.8 Å². The fraction of sp³-hybridized carbons (Fsp3) is 0.786. The topological polar surface area (TPSA) is 29.9 Å². The van der Waals surface area contributed by atoms with Gasteiger partial charge in [0, 0.05) is 38.4 Å². The largest absolute Gasteiger partial charge is 0.338 e. The Hall–Kier alpha value is -0.830. The second kappa shape index (κ2) is 6.20. The predicted molar refractivity (Wildman–Crippen MR) is 71.0 cm³/mol. The first-order valence-corrected chi connectivity index (χ1v) is 6.99. The van der Waals surface area contributed by atoms with Crippen LogP contribution in [-0.2, 0) is 13.5 Å². The zero-order chi connectivity index (χ0) is 12.1. The Bertz CT molecular complexity index is 332. The number of aryl methyl sites for hydroxylation is 1. The highest BCUT2D eigenvalue weighted by Gasteiger charge is 2.19. The Morgan fingerprint density at radius 3 is 3.06 bits per heavy atom. The zero-order valence-corrected chi connectivity index (χ0v) is 11.2. The molecule has 2 unspecified atom stereocenters. The van der Waals surface area contributed by atoms with Crippen LogP contribution >= 0.6 is 0 Å². The van der Waals surface area contributed by atoms with Crippen LogP contribution in [0.2, 0.25) is 0 Å². The number of imidazole rings is 1. The molecule has 1 aromatic rings. The number of hydrogen-bond donors (Lipinski definition) is 1. The molecule has 0 bridgehead atoms. The molecule has 1 aliphatic rings. The van der Waals surface area contributed by atoms with Crippen molar-refractivity contribution in [3.05, 3.63) is 18.2 Å². The van der Waals surface area contributed by atoms with Crippen LogP contribution in [0.25, 0.3) is 0 Å². The first-order valence-electron chi connectivity index (χ1n) is 6.99. The van der Waals surface area contributed by atoms with Crippen molar-refractivity contribution in [1.82, 2.24) is 14.9 Å². The van der Waals surface area contributed by atoms with Crippen LogP contribution in [0.5, 0.6) is 0 Å². The molecule has 1 fully saturated rings. The lowest BCUT2D eigenvalue weighted by Crippen LogP contribution is -2.35. The van der Waals surface area contributed by atoms with E-state index in [1.54, 1.807) is 0 Å². The molecular formula is C14H25N3. The molecule has 0 spiro atoms. The molecule has 3 heteroatoms. The van der Waals surface area contributed by atoms with Crippen molar-refractivity contribution >= 4 is 0 Å². The molecule has 0 aliphatic heterocycles. The summed E-state index contributed by atoms with van der Waals surface area (Å²) in [6.07, 6.45) is 11.8. The Morgan fingerprint density at radius 1 is 1.47 bits per heavy atom. The molecule has 0 saturated heterocycles. The lowest BCUT2D eigenvalue weighted by atomic mass is 9.84. The van der Waals surface area contributed by atoms with Gasteiger partial charge in [-0.25, -0.2) is 4.98 Å². The summed E-state index contributed by atoms with van der Waals surface area (Å²) in [5.41, 5.74) is 0. The van der Waals surface area contributed by atoms with E-state index in [0.717, 1.165) is 24.9 Å². The van der Waals surface area contributed by atoms with Gasteiger partial charge in [-0.3, -0.25) is 0 Å². The van der Waals surface area contributed by atoms with E-state index >= 15 is 0 Å². The SMILES string of the molecule is CCC1CCCC(NCCc2nccn2C)C1. The molecule has 1 aliphatic carbocycles. The van der Waals surface area contributed by atoms with Gasteiger partial charge in [0.05, 0.1) is 0 Å². The fourth-order valence-electron chi connectivity index (χ4n) is 2.87. The van der Waals surface area contributed by atoms with Gasteiger partial charge in [-0.2, -0.15) is 0 Å². The van der Waals surface area contributed by atoms with Gasteiger partial charge in [-0.1, -0.05) is 26.2 Å². The van der Waals surface area contributed by atoms with Gasteiger partial charge in [-0.15, -0.1) is 0 Å². The van der Waals surface area contributed by atoms with E-state index in [4.69, 9.17) is 0 Å². The third-order valence-corrected chi connectivity index (χ3v) is 4.06. The summed E-state index contributed by atoms with van der Waals surface area (Å²) in [6, 6.07) is 0.744. The van der Waals surface area contributed by atoms with E-state index in [-0.39, 0.29) is 0 Å². The average molecular weight is 235 g/mol. The van der Waals surface area contributed by atoms with Gasteiger partial charge < -0.3 is 9.88 Å². The van der Waals surface area contributed by atoms with Crippen molar-refractivity contribution in [3.8, 4) is 0 Å². The molecule has 0 aromatic carbocycles. The van der Waals surface area contributed by atoms with Crippen molar-refractivity contribution in [3.63, 3.8) is 0 Å². The van der Waals surface area contributed by atoms with E-state index in [1.165, 1.54) is 37.9 Å². The van der Waals surface area contributed by atoms with Crippen molar-refractivity contribution in [1.29, 1.82) is 0 Å². The number of rotatable bonds is 5. The number of aromatic nitrogens is 2. The molecule has 1 N–H and O–H groups in total. The van der Waals surface area contributed by atoms with Crippen molar-refractivity contribution < 1.29 is 0 Å². The molecule has 17 heavy (non-hydrogen) atoms. The predicted octanol–water partition coefficient (Wildman–Crippen LogP) is 2.52. The van der Waals surface area contributed by atoms with Crippen LogP contribution in [-0.4, -0.2) is 22.1 Å². The molecule has 2 rings (SSSR count). The highest BCUT2D eigenvalue weighted by molar-refractivity contribution is 4.92. The van der Waals surface area contributed by atoms with Gasteiger partial charge in [0.25, 0.3) is 0 Å². The van der Waals surface area contributed by atoms with E-state index in [2.05, 4.69) is 28.8 Å². The van der Waals surface area contributed by atoms with Gasteiger partial charge in [0.15, 0.2) is 0 Å². The standard InChI is InChI=1S/C14H25N3/c1-3-12-5-4-6-13(11-12)15-8-7-14-16-9-10-17(14)2/h9-10,12-13,15H,3-8,11H2,1-2H3. The molecule has 0 amide bonds. The van der Waals surface area contributed by atoms with E-state index < -0.39 is 0 Å². The maximum atomic E-state index is 4.35. The molecule has 1 saturated carbocycles. The molecular weight excluding hydrogens is 210 g/mol. The summed E-state index contributed by atoms with van der Waals surface area (Å²) in [7, 11) is 2.07. The summed E-state index contributed by atoms with van der Waals surface area (Å²) in [5, 5.41) is 3.70. The van der Waals surface area contributed by atoms with Crippen molar-refractivity contribution in [2.45, 2.75) is 51.5 Å². The van der Waals surface area contributed by atoms with Crippen LogP contribution in [0.1, 0.15) is 44.9 Å². The lowest BCUT2D eigenvalue weighted by Gasteiger charge is -2.29. The molecule has 1 aromatic heterocycles. The average Bonchev–Trinajstić information content (AvgIpc) is 2.76. The minimum atomic E-state index is 0.744. The first-order chi connectivity index (χ1) is 8.29. The molecule has 0 radical (unpaired) electrons. The van der Waals surface area contributed by atoms with Gasteiger partial charge in [0.2, 0.25) is 0 Å². The minimum absolute atomic E-state index is 0.744. The molecule has 1 heterocycles. The van der Waals surface area contributed by atoms with Crippen LogP contribution in [0.4, 0.5) is 0 Å². The number of nitrogens with zero attached hydrogens (tertiary/aromatic N) is 2. The normalized spacial score (nSPS) is 25.1. The monoisotopic (exact) mass is 235 g/mol. The van der Waals surface area contributed by atoms with E-state index in [1.807, 2.05) is 12.4 Å². The lowest BCUT2D eigenvalue weighted by molar-refractivity contribution is 0.280. The second-order valence-corrected chi connectivity index (χ2v) is 5.30. The van der Waals surface area contributed by atoms with Crippen LogP contribution in [0.15, 0.2) is 12.4 Å². The Labute approximate surface area is 105 Å². The van der Waals surface area contributed by atoms with Crippen molar-refractivity contribution in [2.75, 3.05) is 6.54 Å². The highest BCUT2D eigenvalue weighted by atomic mass is 15.0. The number of hydrogen-bond acceptors (Lipinski definition) is 2. The maximum Gasteiger partial charge on any atom is 0.109 e. The molecule has 3 nitrogen and oxygen atoms in total. The van der Waals surface area contributed by atoms with E-state index in [0.29, 0.717) is 0 Å². The quantitative estimate of drug-likeness (QED) is 0.850. The minimum Gasteiger partial charge on any atom is -0.338 e. The van der Waals surface area contributed by atoms with Crippen LogP contribution in [0.3, 0.4) is 0 Å². The maximum absolute atomic E-state index is 4.35. The van der Waals surface area contributed by atoms with E-state index in [9.17, 15) is 0 Å². The summed E-state index contributed by atoms with van der Waals surface area (Å²) >= 11 is 0.